The molecule has 1 atom stereocenters. The summed E-state index contributed by atoms with van der Waals surface area (Å²) in [5.41, 5.74) is 0. The summed E-state index contributed by atoms with van der Waals surface area (Å²) in [5, 5.41) is 14.3. The number of carboxylic acids is 1. The van der Waals surface area contributed by atoms with Gasteiger partial charge in [-0.25, -0.2) is 0 Å². The van der Waals surface area contributed by atoms with Crippen LogP contribution in [0.3, 0.4) is 0 Å². The van der Waals surface area contributed by atoms with E-state index in [1.54, 1.807) is 7.11 Å². The number of ether oxygens (including phenoxy) is 1. The fourth-order valence-corrected chi connectivity index (χ4v) is 1.41. The summed E-state index contributed by atoms with van der Waals surface area (Å²) < 4.78 is 4.84. The van der Waals surface area contributed by atoms with E-state index < -0.39 is 5.97 Å². The van der Waals surface area contributed by atoms with Crippen molar-refractivity contribution < 1.29 is 19.4 Å². The largest absolute Gasteiger partial charge is 0.481 e. The first-order chi connectivity index (χ1) is 8.56. The summed E-state index contributed by atoms with van der Waals surface area (Å²) in [6.07, 6.45) is 1.64. The van der Waals surface area contributed by atoms with Crippen molar-refractivity contribution >= 4 is 11.9 Å². The standard InChI is InChI=1S/C12H24N2O4/c1-10(3-4-12(16)17)5-6-14-11(15)9-13-7-8-18-2/h10,13H,3-9H2,1-2H3,(H,14,15)(H,16,17). The van der Waals surface area contributed by atoms with Crippen molar-refractivity contribution in [2.75, 3.05) is 33.4 Å². The molecule has 6 heteroatoms. The van der Waals surface area contributed by atoms with Gasteiger partial charge in [0.05, 0.1) is 13.2 Å². The molecule has 0 aliphatic heterocycles. The van der Waals surface area contributed by atoms with Gasteiger partial charge < -0.3 is 20.5 Å². The Bertz CT molecular complexity index is 246. The molecule has 0 aromatic heterocycles. The van der Waals surface area contributed by atoms with Crippen molar-refractivity contribution in [2.24, 2.45) is 5.92 Å². The molecule has 0 heterocycles. The maximum absolute atomic E-state index is 11.3. The van der Waals surface area contributed by atoms with E-state index in [4.69, 9.17) is 9.84 Å². The third-order valence-electron chi connectivity index (χ3n) is 2.58. The molecule has 18 heavy (non-hydrogen) atoms. The molecule has 0 saturated heterocycles. The van der Waals surface area contributed by atoms with Gasteiger partial charge in [-0.2, -0.15) is 0 Å². The second-order valence-corrected chi connectivity index (χ2v) is 4.35. The van der Waals surface area contributed by atoms with Crippen molar-refractivity contribution in [3.05, 3.63) is 0 Å². The molecule has 0 rings (SSSR count). The first-order valence-electron chi connectivity index (χ1n) is 6.24. The third-order valence-corrected chi connectivity index (χ3v) is 2.58. The summed E-state index contributed by atoms with van der Waals surface area (Å²) in [6, 6.07) is 0. The second-order valence-electron chi connectivity index (χ2n) is 4.35. The van der Waals surface area contributed by atoms with Crippen LogP contribution >= 0.6 is 0 Å². The van der Waals surface area contributed by atoms with E-state index >= 15 is 0 Å². The number of aliphatic carboxylic acids is 1. The number of carbonyl (C=O) groups excluding carboxylic acids is 1. The van der Waals surface area contributed by atoms with Crippen LogP contribution in [0.4, 0.5) is 0 Å². The lowest BCUT2D eigenvalue weighted by atomic mass is 10.0. The molecule has 0 saturated carbocycles. The predicted octanol–water partition coefficient (Wildman–Crippen LogP) is 0.230. The Kier molecular flexibility index (Phi) is 10.3. The minimum absolute atomic E-state index is 0.0449. The Hall–Kier alpha value is -1.14. The van der Waals surface area contributed by atoms with Crippen LogP contribution in [0.2, 0.25) is 0 Å². The Morgan fingerprint density at radius 3 is 2.61 bits per heavy atom. The lowest BCUT2D eigenvalue weighted by molar-refractivity contribution is -0.137. The number of hydrogen-bond donors (Lipinski definition) is 3. The fraction of sp³-hybridized carbons (Fsp3) is 0.833. The summed E-state index contributed by atoms with van der Waals surface area (Å²) in [4.78, 5) is 21.7. The zero-order valence-corrected chi connectivity index (χ0v) is 11.2. The molecule has 1 unspecified atom stereocenters. The normalized spacial score (nSPS) is 12.1. The molecule has 1 amide bonds. The average molecular weight is 260 g/mol. The topological polar surface area (TPSA) is 87.7 Å². The van der Waals surface area contributed by atoms with Crippen molar-refractivity contribution in [3.63, 3.8) is 0 Å². The lowest BCUT2D eigenvalue weighted by Crippen LogP contribution is -2.36. The second kappa shape index (κ2) is 11.0. The first-order valence-corrected chi connectivity index (χ1v) is 6.24. The van der Waals surface area contributed by atoms with Gasteiger partial charge in [-0.3, -0.25) is 9.59 Å². The molecular weight excluding hydrogens is 236 g/mol. The van der Waals surface area contributed by atoms with Gasteiger partial charge in [0.2, 0.25) is 5.91 Å². The van der Waals surface area contributed by atoms with Gasteiger partial charge >= 0.3 is 5.97 Å². The van der Waals surface area contributed by atoms with Crippen LogP contribution in [0.25, 0.3) is 0 Å². The molecule has 0 aromatic carbocycles. The molecule has 6 nitrogen and oxygen atoms in total. The Morgan fingerprint density at radius 2 is 2.00 bits per heavy atom. The van der Waals surface area contributed by atoms with Crippen molar-refractivity contribution in [1.29, 1.82) is 0 Å². The smallest absolute Gasteiger partial charge is 0.303 e. The van der Waals surface area contributed by atoms with Crippen LogP contribution in [0.1, 0.15) is 26.2 Å². The van der Waals surface area contributed by atoms with Crippen molar-refractivity contribution in [3.8, 4) is 0 Å². The van der Waals surface area contributed by atoms with E-state index in [-0.39, 0.29) is 18.9 Å². The molecule has 0 bridgehead atoms. The van der Waals surface area contributed by atoms with Crippen LogP contribution in [-0.2, 0) is 14.3 Å². The van der Waals surface area contributed by atoms with Gasteiger partial charge in [0.25, 0.3) is 0 Å². The van der Waals surface area contributed by atoms with E-state index in [0.29, 0.717) is 32.0 Å². The van der Waals surface area contributed by atoms with Crippen molar-refractivity contribution in [1.82, 2.24) is 10.6 Å². The van der Waals surface area contributed by atoms with Gasteiger partial charge in [-0.15, -0.1) is 0 Å². The molecule has 0 aromatic rings. The van der Waals surface area contributed by atoms with Crippen LogP contribution in [0.5, 0.6) is 0 Å². The first kappa shape index (κ1) is 16.9. The molecule has 0 aliphatic carbocycles. The van der Waals surface area contributed by atoms with Gasteiger partial charge in [-0.1, -0.05) is 6.92 Å². The fourth-order valence-electron chi connectivity index (χ4n) is 1.41. The highest BCUT2D eigenvalue weighted by atomic mass is 16.5. The number of hydrogen-bond acceptors (Lipinski definition) is 4. The Balaban J connectivity index is 3.41. The number of methoxy groups -OCH3 is 1. The Morgan fingerprint density at radius 1 is 1.28 bits per heavy atom. The molecule has 0 aliphatic rings. The van der Waals surface area contributed by atoms with Gasteiger partial charge in [-0.05, 0) is 18.8 Å². The quantitative estimate of drug-likeness (QED) is 0.463. The SMILES string of the molecule is COCCNCC(=O)NCCC(C)CCC(=O)O. The number of nitrogens with one attached hydrogen (secondary N) is 2. The van der Waals surface area contributed by atoms with Gasteiger partial charge in [0, 0.05) is 26.6 Å². The van der Waals surface area contributed by atoms with E-state index in [2.05, 4.69) is 10.6 Å². The third kappa shape index (κ3) is 11.3. The van der Waals surface area contributed by atoms with Crippen LogP contribution < -0.4 is 10.6 Å². The van der Waals surface area contributed by atoms with Gasteiger partial charge in [0.1, 0.15) is 0 Å². The minimum atomic E-state index is -0.770. The number of carboxylic acid groups (broad SMARTS) is 1. The molecule has 106 valence electrons. The summed E-state index contributed by atoms with van der Waals surface area (Å²) in [6.45, 7) is 4.10. The van der Waals surface area contributed by atoms with Crippen molar-refractivity contribution in [2.45, 2.75) is 26.2 Å². The maximum Gasteiger partial charge on any atom is 0.303 e. The molecule has 3 N–H and O–H groups in total. The van der Waals surface area contributed by atoms with E-state index in [1.807, 2.05) is 6.92 Å². The van der Waals surface area contributed by atoms with Crippen LogP contribution in [0.15, 0.2) is 0 Å². The number of carbonyl (C=O) groups is 2. The molecular formula is C12H24N2O4. The highest BCUT2D eigenvalue weighted by molar-refractivity contribution is 5.77. The molecule has 0 radical (unpaired) electrons. The minimum Gasteiger partial charge on any atom is -0.481 e. The van der Waals surface area contributed by atoms with Gasteiger partial charge in [0.15, 0.2) is 0 Å². The van der Waals surface area contributed by atoms with Crippen LogP contribution in [0, 0.1) is 5.92 Å². The lowest BCUT2D eigenvalue weighted by Gasteiger charge is -2.11. The summed E-state index contributed by atoms with van der Waals surface area (Å²) >= 11 is 0. The number of amides is 1. The monoisotopic (exact) mass is 260 g/mol. The van der Waals surface area contributed by atoms with E-state index in [0.717, 1.165) is 6.42 Å². The summed E-state index contributed by atoms with van der Waals surface area (Å²) in [5.74, 6) is -0.507. The summed E-state index contributed by atoms with van der Waals surface area (Å²) in [7, 11) is 1.61. The van der Waals surface area contributed by atoms with E-state index in [9.17, 15) is 9.59 Å². The maximum atomic E-state index is 11.3. The highest BCUT2D eigenvalue weighted by Crippen LogP contribution is 2.08. The molecule has 0 spiro atoms. The zero-order chi connectivity index (χ0) is 13.8. The highest BCUT2D eigenvalue weighted by Gasteiger charge is 2.06. The average Bonchev–Trinajstić information content (AvgIpc) is 2.32. The van der Waals surface area contributed by atoms with Crippen LogP contribution in [-0.4, -0.2) is 50.3 Å². The van der Waals surface area contributed by atoms with E-state index in [1.165, 1.54) is 0 Å². The predicted molar refractivity (Wildman–Crippen MR) is 68.4 cm³/mol. The Labute approximate surface area is 108 Å². The molecule has 0 fully saturated rings. The number of rotatable bonds is 11. The zero-order valence-electron chi connectivity index (χ0n) is 11.2.